The van der Waals surface area contributed by atoms with Gasteiger partial charge in [0.15, 0.2) is 6.61 Å². The van der Waals surface area contributed by atoms with Crippen LogP contribution in [0.25, 0.3) is 0 Å². The summed E-state index contributed by atoms with van der Waals surface area (Å²) in [6.45, 7) is 0.410. The number of aliphatic hydroxyl groups excluding tert-OH is 1. The largest absolute Gasteiger partial charge is 0.454 e. The number of benzene rings is 2. The van der Waals surface area contributed by atoms with Crippen LogP contribution in [0.1, 0.15) is 6.92 Å². The van der Waals surface area contributed by atoms with Crippen molar-refractivity contribution in [1.29, 1.82) is 0 Å². The molecule has 8 nitrogen and oxygen atoms in total. The van der Waals surface area contributed by atoms with Gasteiger partial charge in [-0.05, 0) is 55.5 Å². The van der Waals surface area contributed by atoms with Gasteiger partial charge < -0.3 is 15.2 Å². The van der Waals surface area contributed by atoms with E-state index in [9.17, 15) is 31.9 Å². The minimum absolute atomic E-state index is 0.188. The van der Waals surface area contributed by atoms with E-state index >= 15 is 0 Å². The number of alkyl halides is 2. The number of sulfonamides is 1. The zero-order chi connectivity index (χ0) is 23.9. The van der Waals surface area contributed by atoms with Gasteiger partial charge in [0.1, 0.15) is 6.04 Å². The molecule has 0 spiro atoms. The average molecular weight is 509 g/mol. The lowest BCUT2D eigenvalue weighted by Gasteiger charge is -2.20. The molecule has 0 bridgehead atoms. The number of esters is 1. The number of ether oxygens (including phenoxy) is 1. The average Bonchev–Trinajstić information content (AvgIpc) is 2.71. The molecule has 3 N–H and O–H groups in total. The van der Waals surface area contributed by atoms with E-state index in [1.54, 1.807) is 0 Å². The van der Waals surface area contributed by atoms with Crippen molar-refractivity contribution in [2.24, 2.45) is 0 Å². The van der Waals surface area contributed by atoms with Crippen LogP contribution in [0.5, 0.6) is 0 Å². The number of amides is 1. The third-order valence-electron chi connectivity index (χ3n) is 3.85. The van der Waals surface area contributed by atoms with Gasteiger partial charge >= 0.3 is 5.97 Å². The lowest BCUT2D eigenvalue weighted by molar-refractivity contribution is -0.151. The first-order chi connectivity index (χ1) is 15.0. The highest BCUT2D eigenvalue weighted by Gasteiger charge is 2.31. The minimum atomic E-state index is -4.19. The summed E-state index contributed by atoms with van der Waals surface area (Å²) in [4.78, 5) is 24.4. The van der Waals surface area contributed by atoms with Crippen LogP contribution in [0.4, 0.5) is 14.5 Å². The first-order valence-corrected chi connectivity index (χ1v) is 11.7. The highest BCUT2D eigenvalue weighted by molar-refractivity contribution is 7.99. The Balaban J connectivity index is 1.94. The molecule has 0 fully saturated rings. The van der Waals surface area contributed by atoms with Crippen molar-refractivity contribution in [3.63, 3.8) is 0 Å². The van der Waals surface area contributed by atoms with Crippen molar-refractivity contribution in [1.82, 2.24) is 4.72 Å². The van der Waals surface area contributed by atoms with E-state index in [1.165, 1.54) is 55.5 Å². The Kier molecular flexibility index (Phi) is 9.40. The monoisotopic (exact) mass is 508 g/mol. The van der Waals surface area contributed by atoms with Gasteiger partial charge in [0.2, 0.25) is 10.0 Å². The van der Waals surface area contributed by atoms with E-state index in [2.05, 4.69) is 5.32 Å². The second-order valence-electron chi connectivity index (χ2n) is 6.35. The zero-order valence-electron chi connectivity index (χ0n) is 16.5. The molecule has 0 saturated carbocycles. The van der Waals surface area contributed by atoms with E-state index in [1.807, 2.05) is 4.72 Å². The van der Waals surface area contributed by atoms with Gasteiger partial charge in [-0.3, -0.25) is 9.59 Å². The molecule has 0 heterocycles. The lowest BCUT2D eigenvalue weighted by atomic mass is 10.2. The number of hydrogen-bond acceptors (Lipinski definition) is 7. The second kappa shape index (κ2) is 11.6. The summed E-state index contributed by atoms with van der Waals surface area (Å²) in [7, 11) is -4.19. The first-order valence-electron chi connectivity index (χ1n) is 8.95. The zero-order valence-corrected chi connectivity index (χ0v) is 18.9. The fraction of sp³-hybridized carbons (Fsp3) is 0.263. The van der Waals surface area contributed by atoms with Gasteiger partial charge in [0, 0.05) is 15.6 Å². The molecule has 1 amide bonds. The predicted molar refractivity (Wildman–Crippen MR) is 115 cm³/mol. The lowest BCUT2D eigenvalue weighted by Crippen LogP contribution is -2.48. The summed E-state index contributed by atoms with van der Waals surface area (Å²) in [6, 6.07) is 8.99. The van der Waals surface area contributed by atoms with E-state index in [4.69, 9.17) is 16.3 Å². The quantitative estimate of drug-likeness (QED) is 0.333. The standard InChI is InChI=1S/C19H19ClF2N2O6S2/c1-11(25)17(24-32(28,29)15-8-2-12(20)3-9-15)18(27)30-10-16(26)23-13-4-6-14(7-5-13)31-19(21)22/h2-9,11,17,19,24-25H,10H2,1H3,(H,23,26)/t11-,17+/m0/s1. The number of thioether (sulfide) groups is 1. The van der Waals surface area contributed by atoms with Gasteiger partial charge in [-0.25, -0.2) is 8.42 Å². The summed E-state index contributed by atoms with van der Waals surface area (Å²) < 4.78 is 56.4. The van der Waals surface area contributed by atoms with Crippen LogP contribution >= 0.6 is 23.4 Å². The molecule has 174 valence electrons. The second-order valence-corrected chi connectivity index (χ2v) is 9.57. The van der Waals surface area contributed by atoms with Crippen LogP contribution in [-0.4, -0.2) is 49.9 Å². The maximum atomic E-state index is 12.4. The number of carbonyl (C=O) groups excluding carboxylic acids is 2. The van der Waals surface area contributed by atoms with Crippen molar-refractivity contribution >= 4 is 50.9 Å². The van der Waals surface area contributed by atoms with E-state index in [0.717, 1.165) is 0 Å². The Morgan fingerprint density at radius 2 is 1.72 bits per heavy atom. The third-order valence-corrected chi connectivity index (χ3v) is 6.28. The molecular weight excluding hydrogens is 490 g/mol. The number of halogens is 3. The Bertz CT molecular complexity index is 1030. The van der Waals surface area contributed by atoms with Crippen molar-refractivity contribution in [2.75, 3.05) is 11.9 Å². The molecule has 0 radical (unpaired) electrons. The highest BCUT2D eigenvalue weighted by atomic mass is 35.5. The Morgan fingerprint density at radius 3 is 2.25 bits per heavy atom. The number of anilines is 1. The van der Waals surface area contributed by atoms with Crippen molar-refractivity contribution in [3.8, 4) is 0 Å². The number of nitrogens with one attached hydrogen (secondary N) is 2. The fourth-order valence-electron chi connectivity index (χ4n) is 2.34. The molecule has 2 aromatic rings. The van der Waals surface area contributed by atoms with Gasteiger partial charge in [-0.1, -0.05) is 23.4 Å². The van der Waals surface area contributed by atoms with E-state index < -0.39 is 46.4 Å². The Labute approximate surface area is 192 Å². The number of rotatable bonds is 10. The molecule has 2 rings (SSSR count). The van der Waals surface area contributed by atoms with Crippen LogP contribution in [0.2, 0.25) is 5.02 Å². The molecule has 0 unspecified atom stereocenters. The minimum Gasteiger partial charge on any atom is -0.454 e. The van der Waals surface area contributed by atoms with Gasteiger partial charge in [0.25, 0.3) is 11.7 Å². The molecular formula is C19H19ClF2N2O6S2. The molecule has 2 aromatic carbocycles. The SMILES string of the molecule is C[C@H](O)[C@@H](NS(=O)(=O)c1ccc(Cl)cc1)C(=O)OCC(=O)Nc1ccc(SC(F)F)cc1. The molecule has 32 heavy (non-hydrogen) atoms. The van der Waals surface area contributed by atoms with Crippen LogP contribution in [0, 0.1) is 0 Å². The number of hydrogen-bond donors (Lipinski definition) is 3. The highest BCUT2D eigenvalue weighted by Crippen LogP contribution is 2.26. The molecule has 13 heteroatoms. The summed E-state index contributed by atoms with van der Waals surface area (Å²) in [5.74, 6) is -4.50. The van der Waals surface area contributed by atoms with Gasteiger partial charge in [-0.2, -0.15) is 13.5 Å². The number of carbonyl (C=O) groups is 2. The summed E-state index contributed by atoms with van der Waals surface area (Å²) in [5.41, 5.74) is 0.278. The van der Waals surface area contributed by atoms with E-state index in [-0.39, 0.29) is 10.6 Å². The maximum absolute atomic E-state index is 12.4. The summed E-state index contributed by atoms with van der Waals surface area (Å²) >= 11 is 6.07. The normalized spacial score (nSPS) is 13.4. The van der Waals surface area contributed by atoms with Crippen LogP contribution in [-0.2, 0) is 24.3 Å². The maximum Gasteiger partial charge on any atom is 0.327 e. The molecule has 0 aliphatic heterocycles. The smallest absolute Gasteiger partial charge is 0.327 e. The third kappa shape index (κ3) is 8.02. The first kappa shape index (κ1) is 26.0. The van der Waals surface area contributed by atoms with Crippen LogP contribution in [0.3, 0.4) is 0 Å². The fourth-order valence-corrected chi connectivity index (χ4v) is 4.22. The van der Waals surface area contributed by atoms with Crippen molar-refractivity contribution in [3.05, 3.63) is 53.6 Å². The predicted octanol–water partition coefficient (Wildman–Crippen LogP) is 2.86. The Hall–Kier alpha value is -2.25. The van der Waals surface area contributed by atoms with Crippen LogP contribution < -0.4 is 10.0 Å². The molecule has 0 saturated heterocycles. The molecule has 0 aliphatic rings. The number of aliphatic hydroxyl groups is 1. The van der Waals surface area contributed by atoms with Crippen molar-refractivity contribution in [2.45, 2.75) is 34.6 Å². The molecule has 0 aliphatic carbocycles. The summed E-state index contributed by atoms with van der Waals surface area (Å²) in [6.07, 6.45) is -1.47. The summed E-state index contributed by atoms with van der Waals surface area (Å²) in [5, 5.41) is 12.5. The van der Waals surface area contributed by atoms with Crippen LogP contribution in [0.15, 0.2) is 58.3 Å². The van der Waals surface area contributed by atoms with Gasteiger partial charge in [0.05, 0.1) is 11.0 Å². The molecule has 2 atom stereocenters. The Morgan fingerprint density at radius 1 is 1.12 bits per heavy atom. The topological polar surface area (TPSA) is 122 Å². The van der Waals surface area contributed by atoms with Crippen molar-refractivity contribution < 1.29 is 36.6 Å². The molecule has 0 aromatic heterocycles. The van der Waals surface area contributed by atoms with Gasteiger partial charge in [-0.15, -0.1) is 0 Å². The van der Waals surface area contributed by atoms with E-state index in [0.29, 0.717) is 21.7 Å².